The zero-order chi connectivity index (χ0) is 7.94. The fourth-order valence-corrected chi connectivity index (χ4v) is 0.775. The Hall–Kier alpha value is -1.37. The van der Waals surface area contributed by atoms with Crippen LogP contribution in [0, 0.1) is 0 Å². The molecule has 0 saturated carbocycles. The van der Waals surface area contributed by atoms with Crippen LogP contribution in [0.4, 0.5) is 0 Å². The first kappa shape index (κ1) is 7.73. The van der Waals surface area contributed by atoms with Crippen molar-refractivity contribution >= 4 is 6.08 Å². The zero-order valence-corrected chi connectivity index (χ0v) is 6.40. The molecule has 0 aliphatic rings. The summed E-state index contributed by atoms with van der Waals surface area (Å²) in [6.45, 7) is 3.62. The SMILES string of the molecule is C=CCC=Cc1cccnc1. The number of pyridine rings is 1. The van der Waals surface area contributed by atoms with Gasteiger partial charge in [-0.25, -0.2) is 0 Å². The highest BCUT2D eigenvalue weighted by Crippen LogP contribution is 1.99. The van der Waals surface area contributed by atoms with Crippen LogP contribution in [-0.4, -0.2) is 4.98 Å². The number of nitrogens with zero attached hydrogens (tertiary/aromatic N) is 1. The number of hydrogen-bond donors (Lipinski definition) is 0. The summed E-state index contributed by atoms with van der Waals surface area (Å²) in [6.07, 6.45) is 10.5. The minimum atomic E-state index is 0.912. The van der Waals surface area contributed by atoms with Crippen LogP contribution in [-0.2, 0) is 0 Å². The molecule has 0 amide bonds. The van der Waals surface area contributed by atoms with Gasteiger partial charge in [0.05, 0.1) is 0 Å². The first-order chi connectivity index (χ1) is 5.43. The van der Waals surface area contributed by atoms with E-state index in [9.17, 15) is 0 Å². The van der Waals surface area contributed by atoms with E-state index in [2.05, 4.69) is 17.6 Å². The molecule has 0 aliphatic heterocycles. The average Bonchev–Trinajstić information content (AvgIpc) is 2.07. The Labute approximate surface area is 67.1 Å². The van der Waals surface area contributed by atoms with Crippen LogP contribution in [0.15, 0.2) is 43.3 Å². The summed E-state index contributed by atoms with van der Waals surface area (Å²) >= 11 is 0. The third kappa shape index (κ3) is 2.80. The van der Waals surface area contributed by atoms with Crippen LogP contribution in [0.5, 0.6) is 0 Å². The third-order valence-corrected chi connectivity index (χ3v) is 1.30. The van der Waals surface area contributed by atoms with Gasteiger partial charge in [0.1, 0.15) is 0 Å². The molecule has 0 aliphatic carbocycles. The first-order valence-electron chi connectivity index (χ1n) is 3.61. The lowest BCUT2D eigenvalue weighted by Crippen LogP contribution is -1.72. The van der Waals surface area contributed by atoms with E-state index >= 15 is 0 Å². The fraction of sp³-hybridized carbons (Fsp3) is 0.100. The monoisotopic (exact) mass is 145 g/mol. The van der Waals surface area contributed by atoms with E-state index in [4.69, 9.17) is 0 Å². The standard InChI is InChI=1S/C10H11N/c1-2-3-4-6-10-7-5-8-11-9-10/h2,4-9H,1,3H2. The van der Waals surface area contributed by atoms with Gasteiger partial charge in [0.2, 0.25) is 0 Å². The molecule has 0 aromatic carbocycles. The van der Waals surface area contributed by atoms with E-state index in [1.807, 2.05) is 30.5 Å². The van der Waals surface area contributed by atoms with Crippen molar-refractivity contribution in [3.05, 3.63) is 48.8 Å². The molecule has 1 aromatic heterocycles. The fourth-order valence-electron chi connectivity index (χ4n) is 0.775. The van der Waals surface area contributed by atoms with Crippen molar-refractivity contribution in [2.75, 3.05) is 0 Å². The Morgan fingerprint density at radius 2 is 2.45 bits per heavy atom. The summed E-state index contributed by atoms with van der Waals surface area (Å²) in [6, 6.07) is 3.94. The summed E-state index contributed by atoms with van der Waals surface area (Å²) < 4.78 is 0. The van der Waals surface area contributed by atoms with Gasteiger partial charge in [0.25, 0.3) is 0 Å². The van der Waals surface area contributed by atoms with Crippen LogP contribution < -0.4 is 0 Å². The van der Waals surface area contributed by atoms with Crippen LogP contribution in [0.2, 0.25) is 0 Å². The molecule has 0 unspecified atom stereocenters. The molecule has 1 aromatic rings. The van der Waals surface area contributed by atoms with E-state index in [-0.39, 0.29) is 0 Å². The number of rotatable bonds is 3. The lowest BCUT2D eigenvalue weighted by Gasteiger charge is -1.88. The smallest absolute Gasteiger partial charge is 0.0340 e. The van der Waals surface area contributed by atoms with Crippen molar-refractivity contribution in [2.24, 2.45) is 0 Å². The molecule has 0 radical (unpaired) electrons. The van der Waals surface area contributed by atoms with Crippen molar-refractivity contribution in [3.63, 3.8) is 0 Å². The zero-order valence-electron chi connectivity index (χ0n) is 6.40. The van der Waals surface area contributed by atoms with Crippen LogP contribution >= 0.6 is 0 Å². The Morgan fingerprint density at radius 1 is 1.55 bits per heavy atom. The number of allylic oxidation sites excluding steroid dienone is 2. The summed E-state index contributed by atoms with van der Waals surface area (Å²) in [4.78, 5) is 3.99. The van der Waals surface area contributed by atoms with Crippen LogP contribution in [0.1, 0.15) is 12.0 Å². The summed E-state index contributed by atoms with van der Waals surface area (Å²) in [5, 5.41) is 0. The van der Waals surface area contributed by atoms with Gasteiger partial charge in [0.15, 0.2) is 0 Å². The number of aromatic nitrogens is 1. The summed E-state index contributed by atoms with van der Waals surface area (Å²) in [5.41, 5.74) is 1.13. The maximum absolute atomic E-state index is 3.99. The molecule has 1 heterocycles. The Bertz CT molecular complexity index is 236. The largest absolute Gasteiger partial charge is 0.264 e. The summed E-state index contributed by atoms with van der Waals surface area (Å²) in [7, 11) is 0. The molecule has 0 N–H and O–H groups in total. The van der Waals surface area contributed by atoms with Crippen molar-refractivity contribution in [3.8, 4) is 0 Å². The van der Waals surface area contributed by atoms with E-state index < -0.39 is 0 Å². The van der Waals surface area contributed by atoms with Gasteiger partial charge in [-0.05, 0) is 18.1 Å². The van der Waals surface area contributed by atoms with Crippen molar-refractivity contribution in [1.29, 1.82) is 0 Å². The van der Waals surface area contributed by atoms with Gasteiger partial charge in [-0.1, -0.05) is 24.3 Å². The summed E-state index contributed by atoms with van der Waals surface area (Å²) in [5.74, 6) is 0. The van der Waals surface area contributed by atoms with Crippen LogP contribution in [0.3, 0.4) is 0 Å². The van der Waals surface area contributed by atoms with Crippen molar-refractivity contribution in [1.82, 2.24) is 4.98 Å². The molecule has 56 valence electrons. The third-order valence-electron chi connectivity index (χ3n) is 1.30. The van der Waals surface area contributed by atoms with Gasteiger partial charge in [-0.15, -0.1) is 6.58 Å². The average molecular weight is 145 g/mol. The molecular formula is C10H11N. The lowest BCUT2D eigenvalue weighted by atomic mass is 10.2. The molecule has 0 bridgehead atoms. The van der Waals surface area contributed by atoms with Gasteiger partial charge < -0.3 is 0 Å². The molecule has 0 fully saturated rings. The van der Waals surface area contributed by atoms with Gasteiger partial charge in [0, 0.05) is 12.4 Å². The highest BCUT2D eigenvalue weighted by molar-refractivity contribution is 5.47. The molecule has 0 saturated heterocycles. The van der Waals surface area contributed by atoms with Gasteiger partial charge >= 0.3 is 0 Å². The second-order valence-corrected chi connectivity index (χ2v) is 2.21. The molecule has 1 heteroatoms. The maximum Gasteiger partial charge on any atom is 0.0340 e. The van der Waals surface area contributed by atoms with Crippen molar-refractivity contribution in [2.45, 2.75) is 6.42 Å². The molecule has 11 heavy (non-hydrogen) atoms. The minimum Gasteiger partial charge on any atom is -0.264 e. The quantitative estimate of drug-likeness (QED) is 0.596. The Morgan fingerprint density at radius 3 is 3.09 bits per heavy atom. The van der Waals surface area contributed by atoms with E-state index in [0.29, 0.717) is 0 Å². The number of hydrogen-bond acceptors (Lipinski definition) is 1. The molecular weight excluding hydrogens is 134 g/mol. The highest BCUT2D eigenvalue weighted by Gasteiger charge is 1.80. The predicted molar refractivity (Wildman–Crippen MR) is 48.1 cm³/mol. The normalized spacial score (nSPS) is 10.2. The van der Waals surface area contributed by atoms with Crippen LogP contribution in [0.25, 0.3) is 6.08 Å². The van der Waals surface area contributed by atoms with Gasteiger partial charge in [-0.3, -0.25) is 4.98 Å². The van der Waals surface area contributed by atoms with E-state index in [1.54, 1.807) is 6.20 Å². The minimum absolute atomic E-state index is 0.912. The second-order valence-electron chi connectivity index (χ2n) is 2.21. The molecule has 0 spiro atoms. The lowest BCUT2D eigenvalue weighted by molar-refractivity contribution is 1.31. The van der Waals surface area contributed by atoms with Crippen molar-refractivity contribution < 1.29 is 0 Å². The van der Waals surface area contributed by atoms with E-state index in [1.165, 1.54) is 0 Å². The predicted octanol–water partition coefficient (Wildman–Crippen LogP) is 2.67. The Kier molecular flexibility index (Phi) is 3.13. The Balaban J connectivity index is 2.57. The molecule has 1 rings (SSSR count). The molecule has 1 nitrogen and oxygen atoms in total. The van der Waals surface area contributed by atoms with Gasteiger partial charge in [-0.2, -0.15) is 0 Å². The highest BCUT2D eigenvalue weighted by atomic mass is 14.6. The maximum atomic E-state index is 3.99. The topological polar surface area (TPSA) is 12.9 Å². The first-order valence-corrected chi connectivity index (χ1v) is 3.61. The second kappa shape index (κ2) is 4.45. The molecule has 0 atom stereocenters. The van der Waals surface area contributed by atoms with E-state index in [0.717, 1.165) is 12.0 Å².